The number of rotatable bonds is 5. The van der Waals surface area contributed by atoms with Gasteiger partial charge in [-0.1, -0.05) is 18.2 Å². The van der Waals surface area contributed by atoms with Gasteiger partial charge in [0.15, 0.2) is 0 Å². The van der Waals surface area contributed by atoms with Crippen LogP contribution in [0.25, 0.3) is 0 Å². The molecule has 0 saturated carbocycles. The second-order valence-electron chi connectivity index (χ2n) is 12.5. The molecule has 0 radical (unpaired) electrons. The molecule has 6 aliphatic rings. The van der Waals surface area contributed by atoms with Crippen molar-refractivity contribution in [3.8, 4) is 5.75 Å². The second-order valence-corrected chi connectivity index (χ2v) is 20.8. The fourth-order valence-corrected chi connectivity index (χ4v) is 21.7. The van der Waals surface area contributed by atoms with Crippen molar-refractivity contribution < 1.29 is 23.5 Å². The van der Waals surface area contributed by atoms with E-state index in [-0.39, 0.29) is 0 Å². The molecule has 14 nitrogen and oxygen atoms in total. The number of hydrogen-bond acceptors (Lipinski definition) is 14. The number of nitrogens with zero attached hydrogens (tertiary/aromatic N) is 9. The zero-order chi connectivity index (χ0) is 31.9. The smallest absolute Gasteiger partial charge is 0.362 e. The van der Waals surface area contributed by atoms with Crippen LogP contribution in [0.5, 0.6) is 5.75 Å². The van der Waals surface area contributed by atoms with Gasteiger partial charge < -0.3 is 23.5 Å². The van der Waals surface area contributed by atoms with Gasteiger partial charge in [-0.05, 0) is 37.6 Å². The van der Waals surface area contributed by atoms with Crippen molar-refractivity contribution in [1.29, 1.82) is 0 Å². The molecule has 0 N–H and O–H groups in total. The topological polar surface area (TPSA) is 112 Å². The molecule has 4 fully saturated rings. The first-order valence-corrected chi connectivity index (χ1v) is 21.5. The summed E-state index contributed by atoms with van der Waals surface area (Å²) in [6.07, 6.45) is 0. The highest BCUT2D eigenvalue weighted by Gasteiger charge is 2.53. The van der Waals surface area contributed by atoms with Crippen LogP contribution < -0.4 is 9.19 Å². The predicted octanol–water partition coefficient (Wildman–Crippen LogP) is 5.28. The quantitative estimate of drug-likeness (QED) is 0.379. The van der Waals surface area contributed by atoms with E-state index >= 15 is 0 Å². The highest BCUT2D eigenvalue weighted by atomic mass is 31.3. The number of fused-ring (bicyclic) bond motifs is 1. The first kappa shape index (κ1) is 32.5. The Bertz CT molecular complexity index is 1530. The van der Waals surface area contributed by atoms with Gasteiger partial charge >= 0.3 is 7.58 Å². The van der Waals surface area contributed by atoms with Crippen LogP contribution in [-0.4, -0.2) is 129 Å². The summed E-state index contributed by atoms with van der Waals surface area (Å²) in [5, 5.41) is 0. The summed E-state index contributed by atoms with van der Waals surface area (Å²) in [4.78, 5) is 5.14. The molecule has 47 heavy (non-hydrogen) atoms. The summed E-state index contributed by atoms with van der Waals surface area (Å²) in [5.41, 5.74) is 3.22. The van der Waals surface area contributed by atoms with E-state index in [9.17, 15) is 0 Å². The summed E-state index contributed by atoms with van der Waals surface area (Å²) in [7, 11) is -8.84. The van der Waals surface area contributed by atoms with Crippen molar-refractivity contribution in [3.63, 3.8) is 0 Å². The number of morpholine rings is 4. The van der Waals surface area contributed by atoms with Crippen molar-refractivity contribution in [2.75, 3.05) is 110 Å². The Morgan fingerprint density at radius 3 is 1.60 bits per heavy atom. The second kappa shape index (κ2) is 13.6. The molecular formula is C30H46N9O5P3. The number of pyridine rings is 1. The fraction of sp³-hybridized carbons (Fsp3) is 0.633. The number of benzene rings is 1. The van der Waals surface area contributed by atoms with Gasteiger partial charge in [-0.2, -0.15) is 13.5 Å². The molecule has 0 aliphatic carbocycles. The number of aromatic nitrogens is 1. The number of ether oxygens (including phenoxy) is 4. The first-order chi connectivity index (χ1) is 23.0. The third-order valence-corrected chi connectivity index (χ3v) is 21.1. The fourth-order valence-electron chi connectivity index (χ4n) is 7.08. The number of aryl methyl sites for hydroxylation is 2. The third kappa shape index (κ3) is 6.08. The summed E-state index contributed by atoms with van der Waals surface area (Å²) in [6.45, 7) is 16.0. The molecule has 8 rings (SSSR count). The lowest BCUT2D eigenvalue weighted by Crippen LogP contribution is -2.46. The molecule has 1 atom stereocenters. The molecule has 0 amide bonds. The average Bonchev–Trinajstić information content (AvgIpc) is 3.12. The highest BCUT2D eigenvalue weighted by molar-refractivity contribution is 7.83. The van der Waals surface area contributed by atoms with Crippen LogP contribution >= 0.6 is 22.6 Å². The van der Waals surface area contributed by atoms with Crippen LogP contribution in [0.1, 0.15) is 16.8 Å². The molecule has 1 spiro atoms. The molecular weight excluding hydrogens is 659 g/mol. The predicted molar refractivity (Wildman–Crippen MR) is 185 cm³/mol. The summed E-state index contributed by atoms with van der Waals surface area (Å²) >= 11 is 0. The zero-order valence-electron chi connectivity index (χ0n) is 27.4. The van der Waals surface area contributed by atoms with Gasteiger partial charge in [0.1, 0.15) is 11.6 Å². The van der Waals surface area contributed by atoms with E-state index < -0.39 is 22.6 Å². The van der Waals surface area contributed by atoms with Crippen LogP contribution in [0.2, 0.25) is 0 Å². The Labute approximate surface area is 277 Å². The van der Waals surface area contributed by atoms with E-state index in [0.717, 1.165) is 80.7 Å². The lowest BCUT2D eigenvalue weighted by atomic mass is 10.2. The first-order valence-electron chi connectivity index (χ1n) is 16.7. The lowest BCUT2D eigenvalue weighted by Gasteiger charge is -2.53. The lowest BCUT2D eigenvalue weighted by molar-refractivity contribution is 0.0547. The Morgan fingerprint density at radius 1 is 0.596 bits per heavy atom. The maximum Gasteiger partial charge on any atom is 0.362 e. The minimum atomic E-state index is -3.20. The number of anilines is 1. The van der Waals surface area contributed by atoms with Gasteiger partial charge in [0.2, 0.25) is 15.0 Å². The SMILES string of the molecule is Cc1cc(C)nc(N2Cc3ccccc3OP23=NP(N2CCOCC2)(N2CCOCC2)=NP(N2CCOCC2)(N2CCOCC2)=N3)c1. The molecule has 0 bridgehead atoms. The number of hydrogen-bond donors (Lipinski definition) is 0. The molecule has 17 heteroatoms. The van der Waals surface area contributed by atoms with E-state index in [1.165, 1.54) is 0 Å². The highest BCUT2D eigenvalue weighted by Crippen LogP contribution is 2.83. The van der Waals surface area contributed by atoms with Crippen molar-refractivity contribution in [2.45, 2.75) is 20.4 Å². The van der Waals surface area contributed by atoms with Gasteiger partial charge in [0.25, 0.3) is 0 Å². The molecule has 256 valence electrons. The Kier molecular flexibility index (Phi) is 9.40. The van der Waals surface area contributed by atoms with Crippen molar-refractivity contribution >= 4 is 28.4 Å². The minimum Gasteiger partial charge on any atom is -0.426 e. The van der Waals surface area contributed by atoms with E-state index in [1.54, 1.807) is 0 Å². The van der Waals surface area contributed by atoms with E-state index in [0.29, 0.717) is 59.4 Å². The number of para-hydroxylation sites is 1. The van der Waals surface area contributed by atoms with Crippen LogP contribution in [-0.2, 0) is 25.5 Å². The van der Waals surface area contributed by atoms with E-state index in [2.05, 4.69) is 67.5 Å². The summed E-state index contributed by atoms with van der Waals surface area (Å²) in [6, 6.07) is 12.6. The molecule has 2 aromatic rings. The van der Waals surface area contributed by atoms with E-state index in [1.807, 2.05) is 6.07 Å². The molecule has 6 aliphatic heterocycles. The van der Waals surface area contributed by atoms with Crippen molar-refractivity contribution in [1.82, 2.24) is 23.7 Å². The Hall–Kier alpha value is -1.66. The summed E-state index contributed by atoms with van der Waals surface area (Å²) in [5.74, 6) is 1.70. The maximum atomic E-state index is 7.41. The monoisotopic (exact) mass is 705 g/mol. The van der Waals surface area contributed by atoms with Gasteiger partial charge in [0.05, 0.1) is 59.4 Å². The zero-order valence-corrected chi connectivity index (χ0v) is 30.1. The Balaban J connectivity index is 1.47. The van der Waals surface area contributed by atoms with E-state index in [4.69, 9.17) is 42.0 Å². The van der Waals surface area contributed by atoms with Crippen molar-refractivity contribution in [2.24, 2.45) is 13.5 Å². The molecule has 1 aromatic heterocycles. The van der Waals surface area contributed by atoms with Gasteiger partial charge in [-0.3, -0.25) is 4.67 Å². The van der Waals surface area contributed by atoms with Crippen LogP contribution in [0.15, 0.2) is 49.9 Å². The van der Waals surface area contributed by atoms with Gasteiger partial charge in [-0.15, -0.1) is 0 Å². The standard InChI is InChI=1S/C30H46N9O5P3/c1-26-23-27(2)31-30(24-26)39-25-28-5-3-4-6-29(28)44-47(39)33-45(35-7-15-40-16-8-35,36-9-17-41-18-10-36)32-46(34-47,37-11-19-42-20-12-37)38-13-21-43-22-14-38/h3-6,23-24H,7-22,25H2,1-2H3. The largest absolute Gasteiger partial charge is 0.426 e. The summed E-state index contributed by atoms with van der Waals surface area (Å²) < 4.78 is 61.9. The third-order valence-electron chi connectivity index (χ3n) is 9.36. The average molecular weight is 706 g/mol. The Morgan fingerprint density at radius 2 is 1.09 bits per heavy atom. The molecule has 4 saturated heterocycles. The normalized spacial score (nSPS) is 28.9. The van der Waals surface area contributed by atoms with Gasteiger partial charge in [-0.25, -0.2) is 23.7 Å². The van der Waals surface area contributed by atoms with Crippen LogP contribution in [0.3, 0.4) is 0 Å². The minimum absolute atomic E-state index is 0.602. The van der Waals surface area contributed by atoms with Crippen LogP contribution in [0.4, 0.5) is 5.82 Å². The molecule has 1 unspecified atom stereocenters. The van der Waals surface area contributed by atoms with Crippen LogP contribution in [0, 0.1) is 13.8 Å². The van der Waals surface area contributed by atoms with Gasteiger partial charge in [0, 0.05) is 63.6 Å². The maximum absolute atomic E-state index is 7.41. The van der Waals surface area contributed by atoms with Crippen molar-refractivity contribution in [3.05, 3.63) is 53.2 Å². The molecule has 7 heterocycles. The molecule has 1 aromatic carbocycles.